The molecule has 0 unspecified atom stereocenters. The molecular weight excluding hydrogens is 208 g/mol. The van der Waals surface area contributed by atoms with Crippen LogP contribution < -0.4 is 9.47 Å². The van der Waals surface area contributed by atoms with Crippen molar-refractivity contribution in [3.05, 3.63) is 23.8 Å². The molecule has 0 saturated heterocycles. The fourth-order valence-electron chi connectivity index (χ4n) is 1.44. The van der Waals surface area contributed by atoms with Gasteiger partial charge in [-0.05, 0) is 18.1 Å². The van der Waals surface area contributed by atoms with Crippen molar-refractivity contribution in [2.75, 3.05) is 14.2 Å². The molecule has 0 aliphatic rings. The summed E-state index contributed by atoms with van der Waals surface area (Å²) in [4.78, 5) is 10.8. The van der Waals surface area contributed by atoms with Crippen molar-refractivity contribution >= 4 is 5.97 Å². The zero-order chi connectivity index (χ0) is 12.1. The van der Waals surface area contributed by atoms with Crippen molar-refractivity contribution in [1.82, 2.24) is 0 Å². The van der Waals surface area contributed by atoms with Crippen molar-refractivity contribution in [1.29, 1.82) is 0 Å². The third kappa shape index (κ3) is 2.89. The van der Waals surface area contributed by atoms with Crippen LogP contribution in [0.4, 0.5) is 0 Å². The quantitative estimate of drug-likeness (QED) is 0.830. The Bertz CT molecular complexity index is 373. The average molecular weight is 224 g/mol. The molecule has 16 heavy (non-hydrogen) atoms. The molecular formula is C12H16O4. The van der Waals surface area contributed by atoms with Crippen molar-refractivity contribution in [3.63, 3.8) is 0 Å². The van der Waals surface area contributed by atoms with Crippen molar-refractivity contribution in [2.24, 2.45) is 5.92 Å². The van der Waals surface area contributed by atoms with Crippen LogP contribution >= 0.6 is 0 Å². The Morgan fingerprint density at radius 1 is 1.38 bits per heavy atom. The minimum atomic E-state index is -0.808. The van der Waals surface area contributed by atoms with Crippen LogP contribution in [0, 0.1) is 5.92 Å². The van der Waals surface area contributed by atoms with Gasteiger partial charge in [-0.3, -0.25) is 4.79 Å². The van der Waals surface area contributed by atoms with Gasteiger partial charge in [0.1, 0.15) is 11.5 Å². The van der Waals surface area contributed by atoms with E-state index in [1.807, 2.05) is 6.07 Å². The molecule has 0 heterocycles. The number of carboxylic acids is 1. The first kappa shape index (κ1) is 12.4. The second kappa shape index (κ2) is 5.39. The monoisotopic (exact) mass is 224 g/mol. The summed E-state index contributed by atoms with van der Waals surface area (Å²) in [6.45, 7) is 1.67. The van der Waals surface area contributed by atoms with E-state index in [9.17, 15) is 4.79 Å². The van der Waals surface area contributed by atoms with Gasteiger partial charge in [-0.2, -0.15) is 0 Å². The van der Waals surface area contributed by atoms with Gasteiger partial charge in [-0.1, -0.05) is 13.0 Å². The highest BCUT2D eigenvalue weighted by Crippen LogP contribution is 2.26. The van der Waals surface area contributed by atoms with Gasteiger partial charge in [-0.25, -0.2) is 0 Å². The SMILES string of the molecule is COc1ccc(C[C@H](C)C(=O)O)c(OC)c1. The fraction of sp³-hybridized carbons (Fsp3) is 0.417. The molecule has 0 fully saturated rings. The summed E-state index contributed by atoms with van der Waals surface area (Å²) < 4.78 is 10.3. The molecule has 0 spiro atoms. The number of carbonyl (C=O) groups is 1. The molecule has 0 radical (unpaired) electrons. The lowest BCUT2D eigenvalue weighted by Gasteiger charge is -2.12. The molecule has 4 heteroatoms. The Morgan fingerprint density at radius 3 is 2.56 bits per heavy atom. The van der Waals surface area contributed by atoms with E-state index in [0.29, 0.717) is 17.9 Å². The van der Waals surface area contributed by atoms with Crippen LogP contribution in [0.2, 0.25) is 0 Å². The summed E-state index contributed by atoms with van der Waals surface area (Å²) in [6, 6.07) is 5.38. The van der Waals surface area contributed by atoms with Gasteiger partial charge in [-0.15, -0.1) is 0 Å². The molecule has 0 aliphatic heterocycles. The summed E-state index contributed by atoms with van der Waals surface area (Å²) in [5.41, 5.74) is 0.873. The van der Waals surface area contributed by atoms with E-state index < -0.39 is 11.9 Å². The van der Waals surface area contributed by atoms with E-state index in [1.165, 1.54) is 0 Å². The molecule has 0 saturated carbocycles. The molecule has 1 N–H and O–H groups in total. The Labute approximate surface area is 94.8 Å². The predicted molar refractivity (Wildman–Crippen MR) is 60.0 cm³/mol. The van der Waals surface area contributed by atoms with E-state index in [0.717, 1.165) is 5.56 Å². The fourth-order valence-corrected chi connectivity index (χ4v) is 1.44. The first-order valence-electron chi connectivity index (χ1n) is 5.02. The van der Waals surface area contributed by atoms with E-state index in [-0.39, 0.29) is 0 Å². The maximum atomic E-state index is 10.8. The number of methoxy groups -OCH3 is 2. The molecule has 1 atom stereocenters. The van der Waals surface area contributed by atoms with Gasteiger partial charge in [0.15, 0.2) is 0 Å². The van der Waals surface area contributed by atoms with Gasteiger partial charge < -0.3 is 14.6 Å². The Kier molecular flexibility index (Phi) is 4.17. The molecule has 0 amide bonds. The number of ether oxygens (including phenoxy) is 2. The molecule has 0 bridgehead atoms. The van der Waals surface area contributed by atoms with Crippen LogP contribution in [0.15, 0.2) is 18.2 Å². The number of rotatable bonds is 5. The van der Waals surface area contributed by atoms with Crippen LogP contribution in [0.1, 0.15) is 12.5 Å². The smallest absolute Gasteiger partial charge is 0.306 e. The maximum absolute atomic E-state index is 10.8. The Hall–Kier alpha value is -1.71. The van der Waals surface area contributed by atoms with Gasteiger partial charge in [0.25, 0.3) is 0 Å². The van der Waals surface area contributed by atoms with E-state index in [1.54, 1.807) is 33.3 Å². The van der Waals surface area contributed by atoms with Crippen molar-refractivity contribution in [2.45, 2.75) is 13.3 Å². The highest BCUT2D eigenvalue weighted by atomic mass is 16.5. The summed E-state index contributed by atoms with van der Waals surface area (Å²) in [7, 11) is 3.14. The predicted octanol–water partition coefficient (Wildman–Crippen LogP) is 1.97. The zero-order valence-electron chi connectivity index (χ0n) is 9.69. The van der Waals surface area contributed by atoms with Crippen LogP contribution in [-0.2, 0) is 11.2 Å². The lowest BCUT2D eigenvalue weighted by molar-refractivity contribution is -0.141. The third-order valence-corrected chi connectivity index (χ3v) is 2.44. The topological polar surface area (TPSA) is 55.8 Å². The van der Waals surface area contributed by atoms with Gasteiger partial charge >= 0.3 is 5.97 Å². The minimum Gasteiger partial charge on any atom is -0.497 e. The highest BCUT2D eigenvalue weighted by Gasteiger charge is 2.14. The summed E-state index contributed by atoms with van der Waals surface area (Å²) in [5.74, 6) is 0.121. The second-order valence-electron chi connectivity index (χ2n) is 3.62. The summed E-state index contributed by atoms with van der Waals surface area (Å²) in [5, 5.41) is 8.84. The summed E-state index contributed by atoms with van der Waals surface area (Å²) in [6.07, 6.45) is 0.447. The summed E-state index contributed by atoms with van der Waals surface area (Å²) >= 11 is 0. The van der Waals surface area contributed by atoms with E-state index in [2.05, 4.69) is 0 Å². The van der Waals surface area contributed by atoms with Crippen molar-refractivity contribution in [3.8, 4) is 11.5 Å². The molecule has 1 rings (SSSR count). The Balaban J connectivity index is 2.91. The lowest BCUT2D eigenvalue weighted by atomic mass is 10.0. The van der Waals surface area contributed by atoms with Crippen LogP contribution in [0.3, 0.4) is 0 Å². The molecule has 88 valence electrons. The molecule has 1 aromatic carbocycles. The first-order valence-corrected chi connectivity index (χ1v) is 5.02. The molecule has 0 aromatic heterocycles. The lowest BCUT2D eigenvalue weighted by Crippen LogP contribution is -2.12. The molecule has 1 aromatic rings. The van der Waals surface area contributed by atoms with E-state index in [4.69, 9.17) is 14.6 Å². The minimum absolute atomic E-state index is 0.428. The number of benzene rings is 1. The number of carboxylic acid groups (broad SMARTS) is 1. The van der Waals surface area contributed by atoms with Gasteiger partial charge in [0.05, 0.1) is 20.1 Å². The highest BCUT2D eigenvalue weighted by molar-refractivity contribution is 5.70. The number of aliphatic carboxylic acids is 1. The molecule has 4 nitrogen and oxygen atoms in total. The zero-order valence-corrected chi connectivity index (χ0v) is 9.69. The van der Waals surface area contributed by atoms with Crippen molar-refractivity contribution < 1.29 is 19.4 Å². The molecule has 0 aliphatic carbocycles. The van der Waals surface area contributed by atoms with Crippen LogP contribution in [0.5, 0.6) is 11.5 Å². The van der Waals surface area contributed by atoms with Gasteiger partial charge in [0.2, 0.25) is 0 Å². The van der Waals surface area contributed by atoms with Crippen LogP contribution in [0.25, 0.3) is 0 Å². The largest absolute Gasteiger partial charge is 0.497 e. The van der Waals surface area contributed by atoms with E-state index >= 15 is 0 Å². The second-order valence-corrected chi connectivity index (χ2v) is 3.62. The first-order chi connectivity index (χ1) is 7.58. The Morgan fingerprint density at radius 2 is 2.06 bits per heavy atom. The van der Waals surface area contributed by atoms with Gasteiger partial charge in [0, 0.05) is 6.07 Å². The third-order valence-electron chi connectivity index (χ3n) is 2.44. The average Bonchev–Trinajstić information content (AvgIpc) is 2.29. The normalized spacial score (nSPS) is 11.9. The maximum Gasteiger partial charge on any atom is 0.306 e. The number of hydrogen-bond donors (Lipinski definition) is 1. The number of hydrogen-bond acceptors (Lipinski definition) is 3. The standard InChI is InChI=1S/C12H16O4/c1-8(12(13)14)6-9-4-5-10(15-2)7-11(9)16-3/h4-5,7-8H,6H2,1-3H3,(H,13,14)/t8-/m0/s1. The van der Waals surface area contributed by atoms with Crippen LogP contribution in [-0.4, -0.2) is 25.3 Å².